The number of aliphatic hydroxyl groups excluding tert-OH is 1. The van der Waals surface area contributed by atoms with E-state index in [2.05, 4.69) is 27.9 Å². The van der Waals surface area contributed by atoms with Gasteiger partial charge in [0, 0.05) is 15.0 Å². The summed E-state index contributed by atoms with van der Waals surface area (Å²) in [6.45, 7) is 0.408. The molecule has 1 fully saturated rings. The van der Waals surface area contributed by atoms with Crippen LogP contribution in [0.15, 0.2) is 77.7 Å². The Morgan fingerprint density at radius 3 is 2.39 bits per heavy atom. The first-order chi connectivity index (χ1) is 18.0. The first-order valence-corrected chi connectivity index (χ1v) is 13.8. The fourth-order valence-corrected chi connectivity index (χ4v) is 6.87. The number of hydrogen-bond acceptors (Lipinski definition) is 4. The molecule has 3 aromatic rings. The van der Waals surface area contributed by atoms with Crippen LogP contribution in [0.2, 0.25) is 0 Å². The smallest absolute Gasteiger partial charge is 0.392 e. The van der Waals surface area contributed by atoms with Crippen molar-refractivity contribution in [1.29, 1.82) is 0 Å². The molecule has 2 atom stereocenters. The standard InChI is InChI=1S/C28H26F3IN2O3S/c1-18-7-10-21(11-8-18)38-27(26(37)33-17-28(29,30)31)14-24(36)34(15-19-5-3-2-4-6-19)25(27)22-12-9-20(16-35)13-23(22)32/h2-13,25,35H,14-17H2,1H3,(H,33,37)/t25-,27-/m1/s1. The molecule has 1 heterocycles. The van der Waals surface area contributed by atoms with Crippen molar-refractivity contribution in [2.75, 3.05) is 6.54 Å². The number of likely N-dealkylation sites (tertiary alicyclic amines) is 1. The van der Waals surface area contributed by atoms with Crippen LogP contribution in [-0.4, -0.2) is 39.3 Å². The molecule has 3 aromatic carbocycles. The average molecular weight is 654 g/mol. The number of aliphatic hydroxyl groups is 1. The fraction of sp³-hybridized carbons (Fsp3) is 0.286. The molecule has 0 spiro atoms. The lowest BCUT2D eigenvalue weighted by Crippen LogP contribution is -2.50. The Balaban J connectivity index is 1.87. The van der Waals surface area contributed by atoms with Gasteiger partial charge in [-0.3, -0.25) is 9.59 Å². The quantitative estimate of drug-likeness (QED) is 0.303. The molecule has 0 unspecified atom stereocenters. The minimum Gasteiger partial charge on any atom is -0.392 e. The molecule has 1 aliphatic rings. The van der Waals surface area contributed by atoms with E-state index in [0.29, 0.717) is 19.6 Å². The maximum Gasteiger partial charge on any atom is 0.405 e. The molecule has 0 aromatic heterocycles. The van der Waals surface area contributed by atoms with E-state index in [1.807, 2.05) is 49.4 Å². The number of hydrogen-bond donors (Lipinski definition) is 2. The van der Waals surface area contributed by atoms with E-state index >= 15 is 0 Å². The minimum atomic E-state index is -4.61. The van der Waals surface area contributed by atoms with Gasteiger partial charge in [-0.15, -0.1) is 11.8 Å². The Bertz CT molecular complexity index is 1300. The first-order valence-electron chi connectivity index (χ1n) is 11.9. The number of carbonyl (C=O) groups excluding carboxylic acids is 2. The van der Waals surface area contributed by atoms with Crippen LogP contribution in [-0.2, 0) is 22.7 Å². The lowest BCUT2D eigenvalue weighted by Gasteiger charge is -2.37. The lowest BCUT2D eigenvalue weighted by molar-refractivity contribution is -0.140. The van der Waals surface area contributed by atoms with E-state index in [4.69, 9.17) is 0 Å². The monoisotopic (exact) mass is 654 g/mol. The van der Waals surface area contributed by atoms with Gasteiger partial charge < -0.3 is 15.3 Å². The van der Waals surface area contributed by atoms with Crippen molar-refractivity contribution in [3.05, 3.63) is 98.6 Å². The molecule has 0 bridgehead atoms. The zero-order chi connectivity index (χ0) is 27.5. The summed E-state index contributed by atoms with van der Waals surface area (Å²) in [5.74, 6) is -1.18. The Labute approximate surface area is 236 Å². The minimum absolute atomic E-state index is 0.185. The van der Waals surface area contributed by atoms with Crippen molar-refractivity contribution in [1.82, 2.24) is 10.2 Å². The third-order valence-electron chi connectivity index (χ3n) is 6.38. The number of halogens is 4. The average Bonchev–Trinajstić information content (AvgIpc) is 3.15. The number of amides is 2. The number of thioether (sulfide) groups is 1. The third kappa shape index (κ3) is 6.35. The molecule has 38 heavy (non-hydrogen) atoms. The molecule has 200 valence electrons. The van der Waals surface area contributed by atoms with E-state index in [1.165, 1.54) is 0 Å². The van der Waals surface area contributed by atoms with E-state index in [0.717, 1.165) is 22.9 Å². The molecule has 1 aliphatic heterocycles. The Morgan fingerprint density at radius 2 is 1.79 bits per heavy atom. The van der Waals surface area contributed by atoms with E-state index in [-0.39, 0.29) is 25.5 Å². The van der Waals surface area contributed by atoms with Crippen LogP contribution in [0.3, 0.4) is 0 Å². The van der Waals surface area contributed by atoms with Gasteiger partial charge in [-0.1, -0.05) is 60.2 Å². The summed E-state index contributed by atoms with van der Waals surface area (Å²) in [5.41, 5.74) is 3.10. The highest BCUT2D eigenvalue weighted by Crippen LogP contribution is 2.54. The zero-order valence-electron chi connectivity index (χ0n) is 20.5. The van der Waals surface area contributed by atoms with Gasteiger partial charge in [-0.2, -0.15) is 13.2 Å². The third-order valence-corrected chi connectivity index (χ3v) is 8.74. The van der Waals surface area contributed by atoms with Crippen molar-refractivity contribution >= 4 is 46.2 Å². The second-order valence-electron chi connectivity index (χ2n) is 9.20. The van der Waals surface area contributed by atoms with Crippen molar-refractivity contribution < 1.29 is 27.9 Å². The summed E-state index contributed by atoms with van der Waals surface area (Å²) >= 11 is 3.20. The summed E-state index contributed by atoms with van der Waals surface area (Å²) in [6.07, 6.45) is -4.88. The molecule has 4 rings (SSSR count). The summed E-state index contributed by atoms with van der Waals surface area (Å²) in [4.78, 5) is 29.7. The van der Waals surface area contributed by atoms with Crippen LogP contribution in [0, 0.1) is 10.5 Å². The van der Waals surface area contributed by atoms with Gasteiger partial charge in [0.1, 0.15) is 11.3 Å². The second kappa shape index (κ2) is 11.7. The van der Waals surface area contributed by atoms with E-state index in [1.54, 1.807) is 35.2 Å². The van der Waals surface area contributed by atoms with Crippen molar-refractivity contribution in [3.8, 4) is 0 Å². The van der Waals surface area contributed by atoms with Crippen LogP contribution in [0.1, 0.15) is 34.7 Å². The second-order valence-corrected chi connectivity index (χ2v) is 11.8. The number of carbonyl (C=O) groups is 2. The molecule has 1 saturated heterocycles. The maximum atomic E-state index is 13.8. The molecule has 10 heteroatoms. The highest BCUT2D eigenvalue weighted by molar-refractivity contribution is 14.1. The van der Waals surface area contributed by atoms with Gasteiger partial charge in [0.15, 0.2) is 0 Å². The number of benzene rings is 3. The Morgan fingerprint density at radius 1 is 1.11 bits per heavy atom. The summed E-state index contributed by atoms with van der Waals surface area (Å²) < 4.78 is 38.7. The molecule has 2 amide bonds. The molecule has 0 radical (unpaired) electrons. The SMILES string of the molecule is Cc1ccc(S[C@]2(C(=O)NCC(F)(F)F)CC(=O)N(Cc3ccccc3)[C@@H]2c2ccc(CO)cc2I)cc1. The molecule has 5 nitrogen and oxygen atoms in total. The van der Waals surface area contributed by atoms with Gasteiger partial charge in [0.05, 0.1) is 19.1 Å². The number of nitrogens with one attached hydrogen (secondary N) is 1. The van der Waals surface area contributed by atoms with Crippen LogP contribution in [0.25, 0.3) is 0 Å². The molecule has 2 N–H and O–H groups in total. The maximum absolute atomic E-state index is 13.8. The summed E-state index contributed by atoms with van der Waals surface area (Å²) in [7, 11) is 0. The van der Waals surface area contributed by atoms with Crippen molar-refractivity contribution in [2.45, 2.75) is 48.4 Å². The van der Waals surface area contributed by atoms with Crippen molar-refractivity contribution in [2.24, 2.45) is 0 Å². The van der Waals surface area contributed by atoms with Crippen LogP contribution >= 0.6 is 34.4 Å². The normalized spacial score (nSPS) is 19.6. The number of nitrogens with zero attached hydrogens (tertiary/aromatic N) is 1. The van der Waals surface area contributed by atoms with Gasteiger partial charge >= 0.3 is 6.18 Å². The predicted octanol–water partition coefficient (Wildman–Crippen LogP) is 5.78. The van der Waals surface area contributed by atoms with Crippen molar-refractivity contribution in [3.63, 3.8) is 0 Å². The highest BCUT2D eigenvalue weighted by Gasteiger charge is 2.58. The van der Waals surface area contributed by atoms with E-state index < -0.39 is 29.4 Å². The van der Waals surface area contributed by atoms with Gasteiger partial charge in [-0.05, 0) is 64.4 Å². The number of rotatable bonds is 8. The number of alkyl halides is 3. The predicted molar refractivity (Wildman–Crippen MR) is 148 cm³/mol. The molecule has 0 aliphatic carbocycles. The van der Waals surface area contributed by atoms with Gasteiger partial charge in [-0.25, -0.2) is 0 Å². The Hall–Kier alpha value is -2.57. The van der Waals surface area contributed by atoms with Crippen LogP contribution in [0.5, 0.6) is 0 Å². The Kier molecular flexibility index (Phi) is 8.73. The lowest BCUT2D eigenvalue weighted by atomic mass is 9.90. The fourth-order valence-electron chi connectivity index (χ4n) is 4.58. The van der Waals surface area contributed by atoms with E-state index in [9.17, 15) is 27.9 Å². The van der Waals surface area contributed by atoms with Crippen LogP contribution in [0.4, 0.5) is 13.2 Å². The zero-order valence-corrected chi connectivity index (χ0v) is 23.4. The summed E-state index contributed by atoms with van der Waals surface area (Å²) in [5, 5.41) is 11.7. The van der Waals surface area contributed by atoms with Gasteiger partial charge in [0.2, 0.25) is 11.8 Å². The molecule has 0 saturated carbocycles. The first kappa shape index (κ1) is 28.4. The largest absolute Gasteiger partial charge is 0.405 e. The number of aryl methyl sites for hydroxylation is 1. The molecular weight excluding hydrogens is 628 g/mol. The highest BCUT2D eigenvalue weighted by atomic mass is 127. The summed E-state index contributed by atoms with van der Waals surface area (Å²) in [6, 6.07) is 20.9. The van der Waals surface area contributed by atoms with Crippen LogP contribution < -0.4 is 5.32 Å². The molecular formula is C28H26F3IN2O3S. The topological polar surface area (TPSA) is 69.6 Å². The van der Waals surface area contributed by atoms with Gasteiger partial charge in [0.25, 0.3) is 0 Å².